The fraction of sp³-hybridized carbons (Fsp3) is 0.364. The Labute approximate surface area is 186 Å². The van der Waals surface area contributed by atoms with Crippen LogP contribution in [0, 0.1) is 11.3 Å². The second-order valence-electron chi connectivity index (χ2n) is 7.27. The summed E-state index contributed by atoms with van der Waals surface area (Å²) in [5.74, 6) is 0.621. The van der Waals surface area contributed by atoms with Crippen LogP contribution in [-0.2, 0) is 27.1 Å². The lowest BCUT2D eigenvalue weighted by Gasteiger charge is -2.26. The highest BCUT2D eigenvalue weighted by molar-refractivity contribution is 7.98. The van der Waals surface area contributed by atoms with Crippen LogP contribution < -0.4 is 0 Å². The summed E-state index contributed by atoms with van der Waals surface area (Å²) < 4.78 is 34.9. The molecule has 2 aromatic carbocycles. The Bertz CT molecular complexity index is 1230. The van der Waals surface area contributed by atoms with E-state index in [1.54, 1.807) is 23.9 Å². The highest BCUT2D eigenvalue weighted by Gasteiger charge is 2.27. The number of ether oxygens (including phenoxy) is 1. The van der Waals surface area contributed by atoms with Gasteiger partial charge in [-0.1, -0.05) is 36.9 Å². The lowest BCUT2D eigenvalue weighted by Crippen LogP contribution is -2.40. The first kappa shape index (κ1) is 21.8. The molecule has 1 saturated heterocycles. The summed E-state index contributed by atoms with van der Waals surface area (Å²) in [5, 5.41) is 10.2. The number of hydrogen-bond acceptors (Lipinski definition) is 6. The van der Waals surface area contributed by atoms with Crippen LogP contribution in [0.4, 0.5) is 0 Å². The third kappa shape index (κ3) is 4.48. The third-order valence-corrected chi connectivity index (χ3v) is 8.15. The van der Waals surface area contributed by atoms with Crippen LogP contribution in [0.1, 0.15) is 24.5 Å². The van der Waals surface area contributed by atoms with Crippen molar-refractivity contribution in [3.63, 3.8) is 0 Å². The minimum atomic E-state index is -3.57. The summed E-state index contributed by atoms with van der Waals surface area (Å²) in [6, 6.07) is 15.0. The summed E-state index contributed by atoms with van der Waals surface area (Å²) in [4.78, 5) is 5.02. The van der Waals surface area contributed by atoms with Crippen LogP contribution in [0.3, 0.4) is 0 Å². The molecule has 1 fully saturated rings. The lowest BCUT2D eigenvalue weighted by molar-refractivity contribution is 0.0730. The molecule has 0 aliphatic carbocycles. The average Bonchev–Trinajstić information content (AvgIpc) is 3.15. The molecule has 3 aromatic rings. The molecule has 1 aliphatic heterocycles. The highest BCUT2D eigenvalue weighted by Crippen LogP contribution is 2.30. The van der Waals surface area contributed by atoms with Crippen molar-refractivity contribution in [1.82, 2.24) is 13.9 Å². The van der Waals surface area contributed by atoms with Crippen molar-refractivity contribution in [2.45, 2.75) is 35.7 Å². The molecule has 2 heterocycles. The number of rotatable bonds is 7. The summed E-state index contributed by atoms with van der Waals surface area (Å²) in [7, 11) is -3.57. The van der Waals surface area contributed by atoms with E-state index in [2.05, 4.69) is 17.6 Å². The number of hydrogen-bond donors (Lipinski definition) is 0. The van der Waals surface area contributed by atoms with E-state index in [-0.39, 0.29) is 4.90 Å². The van der Waals surface area contributed by atoms with E-state index in [1.807, 2.05) is 30.3 Å². The van der Waals surface area contributed by atoms with Crippen molar-refractivity contribution in [3.8, 4) is 6.07 Å². The van der Waals surface area contributed by atoms with Gasteiger partial charge in [0.25, 0.3) is 0 Å². The SMILES string of the molecule is CCCn1c(SCc2ccccc2C#N)nc2cc(S(=O)(=O)N3CCOCC3)ccc21. The van der Waals surface area contributed by atoms with Gasteiger partial charge in [0.1, 0.15) is 0 Å². The van der Waals surface area contributed by atoms with Gasteiger partial charge in [-0.15, -0.1) is 0 Å². The van der Waals surface area contributed by atoms with Gasteiger partial charge >= 0.3 is 0 Å². The number of aryl methyl sites for hydroxylation is 1. The Hall–Kier alpha value is -2.38. The molecule has 0 saturated carbocycles. The topological polar surface area (TPSA) is 88.2 Å². The lowest BCUT2D eigenvalue weighted by atomic mass is 10.1. The van der Waals surface area contributed by atoms with Gasteiger partial charge in [0, 0.05) is 25.4 Å². The van der Waals surface area contributed by atoms with Gasteiger partial charge in [-0.05, 0) is 36.2 Å². The van der Waals surface area contributed by atoms with E-state index < -0.39 is 10.0 Å². The molecule has 0 N–H and O–H groups in total. The molecule has 0 bridgehead atoms. The highest BCUT2D eigenvalue weighted by atomic mass is 32.2. The van der Waals surface area contributed by atoms with E-state index >= 15 is 0 Å². The van der Waals surface area contributed by atoms with Crippen molar-refractivity contribution in [2.75, 3.05) is 26.3 Å². The van der Waals surface area contributed by atoms with Crippen molar-refractivity contribution in [3.05, 3.63) is 53.6 Å². The van der Waals surface area contributed by atoms with E-state index in [9.17, 15) is 13.7 Å². The molecule has 31 heavy (non-hydrogen) atoms. The summed E-state index contributed by atoms with van der Waals surface area (Å²) >= 11 is 1.56. The smallest absolute Gasteiger partial charge is 0.243 e. The maximum absolute atomic E-state index is 13.0. The number of fused-ring (bicyclic) bond motifs is 1. The minimum absolute atomic E-state index is 0.259. The summed E-state index contributed by atoms with van der Waals surface area (Å²) in [5.41, 5.74) is 3.20. The minimum Gasteiger partial charge on any atom is -0.379 e. The number of imidazole rings is 1. The second-order valence-corrected chi connectivity index (χ2v) is 10.2. The van der Waals surface area contributed by atoms with E-state index in [4.69, 9.17) is 9.72 Å². The van der Waals surface area contributed by atoms with E-state index in [0.717, 1.165) is 29.2 Å². The van der Waals surface area contributed by atoms with Gasteiger partial charge in [0.15, 0.2) is 5.16 Å². The molecule has 162 valence electrons. The molecule has 4 rings (SSSR count). The summed E-state index contributed by atoms with van der Waals surface area (Å²) in [6.07, 6.45) is 0.932. The molecular weight excluding hydrogens is 432 g/mol. The maximum atomic E-state index is 13.0. The Balaban J connectivity index is 1.66. The van der Waals surface area contributed by atoms with Crippen LogP contribution in [0.25, 0.3) is 11.0 Å². The Morgan fingerprint density at radius 2 is 1.97 bits per heavy atom. The van der Waals surface area contributed by atoms with Crippen molar-refractivity contribution in [1.29, 1.82) is 5.26 Å². The van der Waals surface area contributed by atoms with Crippen LogP contribution in [0.15, 0.2) is 52.5 Å². The zero-order chi connectivity index (χ0) is 21.8. The van der Waals surface area contributed by atoms with Gasteiger partial charge in [-0.25, -0.2) is 13.4 Å². The number of aromatic nitrogens is 2. The molecule has 0 amide bonds. The van der Waals surface area contributed by atoms with Gasteiger partial charge in [0.05, 0.1) is 40.8 Å². The third-order valence-electron chi connectivity index (χ3n) is 5.23. The van der Waals surface area contributed by atoms with Crippen molar-refractivity contribution >= 4 is 32.8 Å². The van der Waals surface area contributed by atoms with Gasteiger partial charge < -0.3 is 9.30 Å². The second kappa shape index (κ2) is 9.40. The van der Waals surface area contributed by atoms with Gasteiger partial charge in [0.2, 0.25) is 10.0 Å². The number of benzene rings is 2. The van der Waals surface area contributed by atoms with Gasteiger partial charge in [-0.2, -0.15) is 9.57 Å². The van der Waals surface area contributed by atoms with Gasteiger partial charge in [-0.3, -0.25) is 0 Å². The molecule has 7 nitrogen and oxygen atoms in total. The number of sulfonamides is 1. The van der Waals surface area contributed by atoms with Crippen LogP contribution in [0.2, 0.25) is 0 Å². The zero-order valence-electron chi connectivity index (χ0n) is 17.3. The fourth-order valence-electron chi connectivity index (χ4n) is 3.63. The van der Waals surface area contributed by atoms with E-state index in [0.29, 0.717) is 43.1 Å². The predicted molar refractivity (Wildman–Crippen MR) is 120 cm³/mol. The molecule has 0 atom stereocenters. The van der Waals surface area contributed by atoms with Crippen molar-refractivity contribution < 1.29 is 13.2 Å². The first-order valence-electron chi connectivity index (χ1n) is 10.2. The van der Waals surface area contributed by atoms with Crippen LogP contribution in [0.5, 0.6) is 0 Å². The molecular formula is C22H24N4O3S2. The molecule has 0 radical (unpaired) electrons. The monoisotopic (exact) mass is 456 g/mol. The number of thioether (sulfide) groups is 1. The molecule has 0 spiro atoms. The quantitative estimate of drug-likeness (QED) is 0.505. The van der Waals surface area contributed by atoms with Crippen LogP contribution in [-0.4, -0.2) is 48.6 Å². The Morgan fingerprint density at radius 1 is 1.19 bits per heavy atom. The van der Waals surface area contributed by atoms with E-state index in [1.165, 1.54) is 4.31 Å². The molecule has 1 aliphatic rings. The van der Waals surface area contributed by atoms with Crippen LogP contribution >= 0.6 is 11.8 Å². The Morgan fingerprint density at radius 3 is 2.71 bits per heavy atom. The molecule has 0 unspecified atom stereocenters. The summed E-state index contributed by atoms with van der Waals surface area (Å²) in [6.45, 7) is 4.44. The Kier molecular flexibility index (Phi) is 6.62. The fourth-order valence-corrected chi connectivity index (χ4v) is 6.10. The number of nitrogens with zero attached hydrogens (tertiary/aromatic N) is 4. The first-order chi connectivity index (χ1) is 15.0. The van der Waals surface area contributed by atoms with Crippen molar-refractivity contribution in [2.24, 2.45) is 0 Å². The number of nitriles is 1. The number of morpholine rings is 1. The molecule has 1 aromatic heterocycles. The average molecular weight is 457 g/mol. The first-order valence-corrected chi connectivity index (χ1v) is 12.7. The molecule has 9 heteroatoms. The maximum Gasteiger partial charge on any atom is 0.243 e. The standard InChI is InChI=1S/C22H24N4O3S2/c1-2-9-26-21-8-7-19(31(27,28)25-10-12-29-13-11-25)14-20(21)24-22(26)30-16-18-6-4-3-5-17(18)15-23/h3-8,14H,2,9-13,16H2,1H3. The predicted octanol–water partition coefficient (Wildman–Crippen LogP) is 3.63. The largest absolute Gasteiger partial charge is 0.379 e. The zero-order valence-corrected chi connectivity index (χ0v) is 19.0. The normalized spacial score (nSPS) is 15.2.